The number of piperidine rings is 1. The maximum absolute atomic E-state index is 5.65. The zero-order valence-electron chi connectivity index (χ0n) is 11.5. The van der Waals surface area contributed by atoms with Crippen molar-refractivity contribution in [1.82, 2.24) is 14.9 Å². The standard InChI is InChI=1S/C13H23N5/c1-10-8-11(17-12(14)16-10)15-9-13(2)4-6-18(3)7-5-13/h8H,4-7,9H2,1-3H3,(H3,14,15,16,17). The summed E-state index contributed by atoms with van der Waals surface area (Å²) in [4.78, 5) is 10.7. The number of aromatic nitrogens is 2. The summed E-state index contributed by atoms with van der Waals surface area (Å²) in [7, 11) is 2.18. The molecule has 0 atom stereocenters. The molecule has 1 aliphatic rings. The van der Waals surface area contributed by atoms with E-state index < -0.39 is 0 Å². The van der Waals surface area contributed by atoms with Crippen molar-refractivity contribution in [3.8, 4) is 0 Å². The van der Waals surface area contributed by atoms with Crippen LogP contribution in [0.5, 0.6) is 0 Å². The molecule has 0 spiro atoms. The Labute approximate surface area is 109 Å². The summed E-state index contributed by atoms with van der Waals surface area (Å²) in [6, 6.07) is 1.94. The fourth-order valence-electron chi connectivity index (χ4n) is 2.32. The maximum atomic E-state index is 5.65. The molecule has 2 heterocycles. The van der Waals surface area contributed by atoms with Crippen LogP contribution in [0.25, 0.3) is 0 Å². The van der Waals surface area contributed by atoms with E-state index in [4.69, 9.17) is 5.73 Å². The van der Waals surface area contributed by atoms with Crippen LogP contribution in [0.2, 0.25) is 0 Å². The Hall–Kier alpha value is -1.36. The van der Waals surface area contributed by atoms with Crippen molar-refractivity contribution in [2.75, 3.05) is 37.7 Å². The highest BCUT2D eigenvalue weighted by atomic mass is 15.1. The van der Waals surface area contributed by atoms with E-state index in [0.29, 0.717) is 11.4 Å². The van der Waals surface area contributed by atoms with E-state index in [0.717, 1.165) is 18.1 Å². The van der Waals surface area contributed by atoms with Crippen LogP contribution < -0.4 is 11.1 Å². The van der Waals surface area contributed by atoms with Gasteiger partial charge < -0.3 is 16.0 Å². The molecule has 0 bridgehead atoms. The molecule has 1 saturated heterocycles. The van der Waals surface area contributed by atoms with Crippen LogP contribution in [0.3, 0.4) is 0 Å². The number of likely N-dealkylation sites (tertiary alicyclic amines) is 1. The second kappa shape index (κ2) is 5.10. The zero-order valence-corrected chi connectivity index (χ0v) is 11.5. The number of nitrogens with zero attached hydrogens (tertiary/aromatic N) is 3. The van der Waals surface area contributed by atoms with E-state index in [9.17, 15) is 0 Å². The molecule has 0 saturated carbocycles. The fourth-order valence-corrected chi connectivity index (χ4v) is 2.32. The van der Waals surface area contributed by atoms with Crippen molar-refractivity contribution in [2.24, 2.45) is 5.41 Å². The summed E-state index contributed by atoms with van der Waals surface area (Å²) in [5, 5.41) is 3.40. The molecule has 100 valence electrons. The minimum atomic E-state index is 0.339. The van der Waals surface area contributed by atoms with E-state index in [1.807, 2.05) is 13.0 Å². The Morgan fingerprint density at radius 3 is 2.67 bits per heavy atom. The number of aryl methyl sites for hydroxylation is 1. The molecular formula is C13H23N5. The van der Waals surface area contributed by atoms with Crippen LogP contribution in [0, 0.1) is 12.3 Å². The van der Waals surface area contributed by atoms with Crippen LogP contribution in [-0.2, 0) is 0 Å². The largest absolute Gasteiger partial charge is 0.369 e. The third-order valence-electron chi connectivity index (χ3n) is 3.76. The van der Waals surface area contributed by atoms with E-state index in [1.54, 1.807) is 0 Å². The molecule has 1 aliphatic heterocycles. The first-order valence-corrected chi connectivity index (χ1v) is 6.50. The molecule has 0 aromatic carbocycles. The van der Waals surface area contributed by atoms with Gasteiger partial charge in [0.15, 0.2) is 0 Å². The van der Waals surface area contributed by atoms with Gasteiger partial charge in [0.2, 0.25) is 5.95 Å². The van der Waals surface area contributed by atoms with E-state index in [2.05, 4.69) is 34.2 Å². The molecule has 1 aromatic rings. The molecule has 0 amide bonds. The molecular weight excluding hydrogens is 226 g/mol. The van der Waals surface area contributed by atoms with E-state index in [-0.39, 0.29) is 0 Å². The fraction of sp³-hybridized carbons (Fsp3) is 0.692. The monoisotopic (exact) mass is 249 g/mol. The van der Waals surface area contributed by atoms with Crippen molar-refractivity contribution in [1.29, 1.82) is 0 Å². The van der Waals surface area contributed by atoms with Crippen molar-refractivity contribution >= 4 is 11.8 Å². The van der Waals surface area contributed by atoms with Gasteiger partial charge in [-0.05, 0) is 45.3 Å². The van der Waals surface area contributed by atoms with Crippen molar-refractivity contribution < 1.29 is 0 Å². The van der Waals surface area contributed by atoms with Crippen LogP contribution in [-0.4, -0.2) is 41.5 Å². The Morgan fingerprint density at radius 1 is 1.39 bits per heavy atom. The second-order valence-corrected chi connectivity index (χ2v) is 5.72. The van der Waals surface area contributed by atoms with Crippen molar-refractivity contribution in [3.05, 3.63) is 11.8 Å². The normalized spacial score (nSPS) is 19.7. The molecule has 1 fully saturated rings. The summed E-state index contributed by atoms with van der Waals surface area (Å²) in [5.41, 5.74) is 6.90. The van der Waals surface area contributed by atoms with E-state index >= 15 is 0 Å². The third kappa shape index (κ3) is 3.32. The average molecular weight is 249 g/mol. The minimum absolute atomic E-state index is 0.339. The molecule has 5 heteroatoms. The zero-order chi connectivity index (χ0) is 13.2. The Bertz CT molecular complexity index is 390. The number of anilines is 2. The Balaban J connectivity index is 1.94. The number of rotatable bonds is 3. The third-order valence-corrected chi connectivity index (χ3v) is 3.76. The van der Waals surface area contributed by atoms with Gasteiger partial charge in [-0.25, -0.2) is 4.98 Å². The van der Waals surface area contributed by atoms with Gasteiger partial charge >= 0.3 is 0 Å². The van der Waals surface area contributed by atoms with Crippen LogP contribution in [0.15, 0.2) is 6.07 Å². The first kappa shape index (κ1) is 13.1. The molecule has 0 unspecified atom stereocenters. The first-order valence-electron chi connectivity index (χ1n) is 6.50. The molecule has 1 aromatic heterocycles. The van der Waals surface area contributed by atoms with Gasteiger partial charge in [-0.2, -0.15) is 4.98 Å². The lowest BCUT2D eigenvalue weighted by molar-refractivity contribution is 0.150. The highest BCUT2D eigenvalue weighted by molar-refractivity contribution is 5.40. The van der Waals surface area contributed by atoms with Gasteiger partial charge in [0.1, 0.15) is 5.82 Å². The number of nitrogens with one attached hydrogen (secondary N) is 1. The SMILES string of the molecule is Cc1cc(NCC2(C)CCN(C)CC2)nc(N)n1. The number of nitrogen functional groups attached to an aromatic ring is 1. The van der Waals surface area contributed by atoms with E-state index in [1.165, 1.54) is 25.9 Å². The molecule has 0 aliphatic carbocycles. The smallest absolute Gasteiger partial charge is 0.222 e. The number of hydrogen-bond donors (Lipinski definition) is 2. The van der Waals surface area contributed by atoms with Crippen LogP contribution in [0.4, 0.5) is 11.8 Å². The second-order valence-electron chi connectivity index (χ2n) is 5.72. The van der Waals surface area contributed by atoms with Gasteiger partial charge in [-0.3, -0.25) is 0 Å². The van der Waals surface area contributed by atoms with Crippen molar-refractivity contribution in [2.45, 2.75) is 26.7 Å². The van der Waals surface area contributed by atoms with Gasteiger partial charge in [-0.1, -0.05) is 6.92 Å². The lowest BCUT2D eigenvalue weighted by atomic mass is 9.80. The predicted octanol–water partition coefficient (Wildman–Crippen LogP) is 1.51. The van der Waals surface area contributed by atoms with Crippen molar-refractivity contribution in [3.63, 3.8) is 0 Å². The lowest BCUT2D eigenvalue weighted by Crippen LogP contribution is -2.40. The molecule has 5 nitrogen and oxygen atoms in total. The van der Waals surface area contributed by atoms with Crippen LogP contribution in [0.1, 0.15) is 25.5 Å². The quantitative estimate of drug-likeness (QED) is 0.850. The van der Waals surface area contributed by atoms with Gasteiger partial charge in [-0.15, -0.1) is 0 Å². The highest BCUT2D eigenvalue weighted by Crippen LogP contribution is 2.30. The summed E-state index contributed by atoms with van der Waals surface area (Å²) in [6.45, 7) is 7.55. The highest BCUT2D eigenvalue weighted by Gasteiger charge is 2.28. The average Bonchev–Trinajstić information content (AvgIpc) is 2.30. The van der Waals surface area contributed by atoms with Gasteiger partial charge in [0, 0.05) is 18.3 Å². The van der Waals surface area contributed by atoms with Crippen LogP contribution >= 0.6 is 0 Å². The summed E-state index contributed by atoms with van der Waals surface area (Å²) in [6.07, 6.45) is 2.44. The van der Waals surface area contributed by atoms with Gasteiger partial charge in [0.05, 0.1) is 0 Å². The predicted molar refractivity (Wildman–Crippen MR) is 74.5 cm³/mol. The number of nitrogens with two attached hydrogens (primary N) is 1. The molecule has 2 rings (SSSR count). The topological polar surface area (TPSA) is 67.1 Å². The number of hydrogen-bond acceptors (Lipinski definition) is 5. The summed E-state index contributed by atoms with van der Waals surface area (Å²) in [5.74, 6) is 1.17. The summed E-state index contributed by atoms with van der Waals surface area (Å²) >= 11 is 0. The first-order chi connectivity index (χ1) is 8.47. The Kier molecular flexibility index (Phi) is 3.71. The molecule has 18 heavy (non-hydrogen) atoms. The minimum Gasteiger partial charge on any atom is -0.369 e. The Morgan fingerprint density at radius 2 is 2.06 bits per heavy atom. The maximum Gasteiger partial charge on any atom is 0.222 e. The van der Waals surface area contributed by atoms with Gasteiger partial charge in [0.25, 0.3) is 0 Å². The lowest BCUT2D eigenvalue weighted by Gasteiger charge is -2.38. The summed E-state index contributed by atoms with van der Waals surface area (Å²) < 4.78 is 0. The molecule has 0 radical (unpaired) electrons. The molecule has 3 N–H and O–H groups in total.